The lowest BCUT2D eigenvalue weighted by Crippen LogP contribution is -2.49. The second kappa shape index (κ2) is 6.79. The maximum absolute atomic E-state index is 13.0. The Kier molecular flexibility index (Phi) is 4.27. The molecule has 0 radical (unpaired) electrons. The van der Waals surface area contributed by atoms with Gasteiger partial charge in [0.2, 0.25) is 5.91 Å². The number of piperidine rings is 1. The van der Waals surface area contributed by atoms with Crippen LogP contribution < -0.4 is 0 Å². The molecule has 2 aromatic rings. The van der Waals surface area contributed by atoms with Crippen LogP contribution in [0.25, 0.3) is 0 Å². The molecule has 27 heavy (non-hydrogen) atoms. The number of imidazole rings is 1. The fourth-order valence-corrected chi connectivity index (χ4v) is 5.32. The summed E-state index contributed by atoms with van der Waals surface area (Å²) in [5.41, 5.74) is 3.03. The molecule has 3 aliphatic heterocycles. The van der Waals surface area contributed by atoms with Crippen LogP contribution >= 0.6 is 0 Å². The molecule has 4 aliphatic rings. The molecule has 142 valence electrons. The van der Waals surface area contributed by atoms with Crippen molar-refractivity contribution in [2.75, 3.05) is 19.6 Å². The maximum Gasteiger partial charge on any atom is 0.242 e. The van der Waals surface area contributed by atoms with Crippen molar-refractivity contribution >= 4 is 5.91 Å². The molecule has 6 rings (SSSR count). The molecule has 0 unspecified atom stereocenters. The van der Waals surface area contributed by atoms with E-state index in [1.807, 2.05) is 17.7 Å². The Hall–Kier alpha value is -2.14. The Morgan fingerprint density at radius 1 is 1.07 bits per heavy atom. The molecule has 0 N–H and O–H groups in total. The van der Waals surface area contributed by atoms with Gasteiger partial charge < -0.3 is 9.47 Å². The zero-order chi connectivity index (χ0) is 18.4. The molecular weight excluding hydrogens is 336 g/mol. The van der Waals surface area contributed by atoms with Gasteiger partial charge in [-0.15, -0.1) is 0 Å². The fraction of sp³-hybridized carbons (Fsp3) is 0.545. The molecule has 5 heteroatoms. The summed E-state index contributed by atoms with van der Waals surface area (Å²) in [5, 5.41) is 0. The molecule has 0 saturated carbocycles. The van der Waals surface area contributed by atoms with Crippen molar-refractivity contribution in [3.8, 4) is 0 Å². The first-order chi connectivity index (χ1) is 13.2. The fourth-order valence-electron chi connectivity index (χ4n) is 5.32. The number of carbonyl (C=O) groups is 1. The van der Waals surface area contributed by atoms with Crippen molar-refractivity contribution in [3.63, 3.8) is 0 Å². The zero-order valence-electron chi connectivity index (χ0n) is 16.1. The Balaban J connectivity index is 1.29. The molecule has 1 aliphatic carbocycles. The number of benzene rings is 1. The van der Waals surface area contributed by atoms with Crippen molar-refractivity contribution in [2.45, 2.75) is 51.2 Å². The number of amides is 1. The van der Waals surface area contributed by atoms with Gasteiger partial charge in [0.05, 0.1) is 0 Å². The highest BCUT2D eigenvalue weighted by atomic mass is 16.2. The number of hydrogen-bond acceptors (Lipinski definition) is 3. The molecule has 2 atom stereocenters. The molecule has 0 spiro atoms. The molecule has 4 heterocycles. The minimum atomic E-state index is 0.252. The van der Waals surface area contributed by atoms with E-state index < -0.39 is 0 Å². The first-order valence-electron chi connectivity index (χ1n) is 10.3. The van der Waals surface area contributed by atoms with Gasteiger partial charge in [0, 0.05) is 44.1 Å². The number of aryl methyl sites for hydroxylation is 1. The van der Waals surface area contributed by atoms with Crippen molar-refractivity contribution in [1.82, 2.24) is 19.4 Å². The van der Waals surface area contributed by atoms with Gasteiger partial charge in [-0.1, -0.05) is 24.3 Å². The van der Waals surface area contributed by atoms with E-state index in [9.17, 15) is 4.79 Å². The van der Waals surface area contributed by atoms with Crippen LogP contribution in [0, 0.1) is 12.8 Å². The molecule has 1 aromatic heterocycles. The van der Waals surface area contributed by atoms with Crippen LogP contribution in [0.2, 0.25) is 0 Å². The number of nitrogens with zero attached hydrogens (tertiary/aromatic N) is 4. The summed E-state index contributed by atoms with van der Waals surface area (Å²) in [4.78, 5) is 22.1. The third kappa shape index (κ3) is 3.18. The monoisotopic (exact) mass is 364 g/mol. The summed E-state index contributed by atoms with van der Waals surface area (Å²) in [5.74, 6) is 1.77. The summed E-state index contributed by atoms with van der Waals surface area (Å²) in [6.45, 7) is 5.48. The van der Waals surface area contributed by atoms with Gasteiger partial charge in [-0.25, -0.2) is 4.98 Å². The third-order valence-electron chi connectivity index (χ3n) is 6.84. The summed E-state index contributed by atoms with van der Waals surface area (Å²) in [6, 6.07) is 9.86. The van der Waals surface area contributed by atoms with Gasteiger partial charge in [-0.3, -0.25) is 9.69 Å². The van der Waals surface area contributed by atoms with E-state index in [2.05, 4.69) is 39.0 Å². The van der Waals surface area contributed by atoms with Crippen LogP contribution in [0.1, 0.15) is 29.8 Å². The first kappa shape index (κ1) is 17.0. The lowest BCUT2D eigenvalue weighted by molar-refractivity contribution is -0.136. The van der Waals surface area contributed by atoms with Gasteiger partial charge >= 0.3 is 0 Å². The topological polar surface area (TPSA) is 41.4 Å². The van der Waals surface area contributed by atoms with Crippen LogP contribution in [0.15, 0.2) is 36.7 Å². The highest BCUT2D eigenvalue weighted by Gasteiger charge is 2.40. The van der Waals surface area contributed by atoms with Crippen LogP contribution in [0.3, 0.4) is 0 Å². The van der Waals surface area contributed by atoms with Crippen LogP contribution in [0.5, 0.6) is 0 Å². The minimum Gasteiger partial charge on any atom is -0.337 e. The molecule has 1 aromatic carbocycles. The summed E-state index contributed by atoms with van der Waals surface area (Å²) >= 11 is 0. The number of aromatic nitrogens is 2. The molecule has 3 saturated heterocycles. The molecule has 3 fully saturated rings. The van der Waals surface area contributed by atoms with Gasteiger partial charge in [-0.05, 0) is 49.7 Å². The normalized spacial score (nSPS) is 25.6. The average Bonchev–Trinajstić information content (AvgIpc) is 3.16. The largest absolute Gasteiger partial charge is 0.337 e. The number of fused-ring (bicyclic) bond motifs is 5. The van der Waals surface area contributed by atoms with E-state index >= 15 is 0 Å². The number of carbonyl (C=O) groups excluding carboxylic acids is 1. The first-order valence-corrected chi connectivity index (χ1v) is 10.3. The van der Waals surface area contributed by atoms with Crippen molar-refractivity contribution < 1.29 is 4.79 Å². The predicted molar refractivity (Wildman–Crippen MR) is 104 cm³/mol. The Bertz CT molecular complexity index is 819. The standard InChI is InChI=1S/C22H28N4O/c1-16-23-8-9-24(16)15-22(27)26-13-17-6-7-20(26)14-25(12-17)21-10-18-4-2-3-5-19(18)11-21/h2-5,8-9,17,20-21H,6-7,10-15H2,1H3/t17-,20+/m0/s1. The zero-order valence-corrected chi connectivity index (χ0v) is 16.1. The van der Waals surface area contributed by atoms with E-state index in [0.29, 0.717) is 24.5 Å². The van der Waals surface area contributed by atoms with Gasteiger partial charge in [-0.2, -0.15) is 0 Å². The van der Waals surface area contributed by atoms with Gasteiger partial charge in [0.15, 0.2) is 0 Å². The van der Waals surface area contributed by atoms with E-state index in [4.69, 9.17) is 0 Å². The average molecular weight is 364 g/mol. The summed E-state index contributed by atoms with van der Waals surface area (Å²) in [7, 11) is 0. The highest BCUT2D eigenvalue weighted by molar-refractivity contribution is 5.76. The smallest absolute Gasteiger partial charge is 0.242 e. The van der Waals surface area contributed by atoms with Crippen molar-refractivity contribution in [1.29, 1.82) is 0 Å². The number of rotatable bonds is 3. The molecule has 5 nitrogen and oxygen atoms in total. The molecule has 2 bridgehead atoms. The lowest BCUT2D eigenvalue weighted by Gasteiger charge is -2.36. The third-order valence-corrected chi connectivity index (χ3v) is 6.84. The highest BCUT2D eigenvalue weighted by Crippen LogP contribution is 2.33. The predicted octanol–water partition coefficient (Wildman–Crippen LogP) is 2.28. The minimum absolute atomic E-state index is 0.252. The van der Waals surface area contributed by atoms with E-state index in [1.165, 1.54) is 17.5 Å². The van der Waals surface area contributed by atoms with Crippen LogP contribution in [0.4, 0.5) is 0 Å². The Morgan fingerprint density at radius 2 is 1.85 bits per heavy atom. The van der Waals surface area contributed by atoms with E-state index in [-0.39, 0.29) is 5.91 Å². The van der Waals surface area contributed by atoms with Crippen molar-refractivity contribution in [3.05, 3.63) is 53.6 Å². The quantitative estimate of drug-likeness (QED) is 0.839. The van der Waals surface area contributed by atoms with E-state index in [0.717, 1.165) is 44.7 Å². The number of hydrogen-bond donors (Lipinski definition) is 0. The van der Waals surface area contributed by atoms with Gasteiger partial charge in [0.1, 0.15) is 12.4 Å². The SMILES string of the molecule is Cc1nccn1CC(=O)N1C[C@H]2CC[C@@H]1CN(C1Cc3ccccc3C1)C2. The Labute approximate surface area is 161 Å². The summed E-state index contributed by atoms with van der Waals surface area (Å²) < 4.78 is 1.96. The molecular formula is C22H28N4O. The second-order valence-electron chi connectivity index (χ2n) is 8.53. The van der Waals surface area contributed by atoms with Crippen LogP contribution in [-0.2, 0) is 24.2 Å². The second-order valence-corrected chi connectivity index (χ2v) is 8.53. The lowest BCUT2D eigenvalue weighted by atomic mass is 9.95. The van der Waals surface area contributed by atoms with Crippen molar-refractivity contribution in [2.24, 2.45) is 5.92 Å². The maximum atomic E-state index is 13.0. The van der Waals surface area contributed by atoms with E-state index in [1.54, 1.807) is 6.20 Å². The van der Waals surface area contributed by atoms with Crippen LogP contribution in [-0.4, -0.2) is 57.0 Å². The Morgan fingerprint density at radius 3 is 2.56 bits per heavy atom. The molecule has 1 amide bonds. The van der Waals surface area contributed by atoms with Gasteiger partial charge in [0.25, 0.3) is 0 Å². The summed E-state index contributed by atoms with van der Waals surface area (Å²) in [6.07, 6.45) is 8.42.